The van der Waals surface area contributed by atoms with E-state index < -0.39 is 0 Å². The molecule has 1 heterocycles. The Morgan fingerprint density at radius 3 is 2.94 bits per heavy atom. The summed E-state index contributed by atoms with van der Waals surface area (Å²) < 4.78 is 7.49. The quantitative estimate of drug-likeness (QED) is 0.868. The number of nitrogens with zero attached hydrogens (tertiary/aromatic N) is 2. The number of aromatic amines is 1. The van der Waals surface area contributed by atoms with E-state index in [0.29, 0.717) is 22.9 Å². The molecule has 0 radical (unpaired) electrons. The third-order valence-corrected chi connectivity index (χ3v) is 3.03. The van der Waals surface area contributed by atoms with Crippen molar-refractivity contribution in [3.63, 3.8) is 0 Å². The Labute approximate surface area is 109 Å². The molecule has 0 spiro atoms. The van der Waals surface area contributed by atoms with E-state index in [4.69, 9.17) is 28.6 Å². The van der Waals surface area contributed by atoms with Crippen LogP contribution in [0.3, 0.4) is 0 Å². The summed E-state index contributed by atoms with van der Waals surface area (Å²) in [6, 6.07) is 7.54. The van der Waals surface area contributed by atoms with Crippen molar-refractivity contribution in [2.45, 2.75) is 6.54 Å². The lowest BCUT2D eigenvalue weighted by Crippen LogP contribution is -2.06. The van der Waals surface area contributed by atoms with Gasteiger partial charge in [0.1, 0.15) is 0 Å². The number of hydrogen-bond donors (Lipinski definition) is 1. The molecule has 0 saturated heterocycles. The van der Waals surface area contributed by atoms with E-state index >= 15 is 0 Å². The van der Waals surface area contributed by atoms with Crippen molar-refractivity contribution in [2.24, 2.45) is 0 Å². The van der Waals surface area contributed by atoms with Crippen LogP contribution in [-0.2, 0) is 11.3 Å². The first kappa shape index (κ1) is 12.3. The monoisotopic (exact) mass is 269 g/mol. The normalized spacial score (nSPS) is 10.7. The molecule has 0 bridgehead atoms. The minimum atomic E-state index is 0.567. The predicted molar refractivity (Wildman–Crippen MR) is 69.7 cm³/mol. The van der Waals surface area contributed by atoms with Crippen molar-refractivity contribution in [3.8, 4) is 11.4 Å². The molecule has 0 aliphatic carbocycles. The van der Waals surface area contributed by atoms with Gasteiger partial charge in [-0.05, 0) is 24.4 Å². The van der Waals surface area contributed by atoms with Crippen molar-refractivity contribution in [1.29, 1.82) is 0 Å². The van der Waals surface area contributed by atoms with E-state index in [2.05, 4.69) is 10.2 Å². The molecule has 2 rings (SSSR count). The summed E-state index contributed by atoms with van der Waals surface area (Å²) in [5, 5.41) is 7.63. The van der Waals surface area contributed by atoms with E-state index in [1.807, 2.05) is 28.8 Å². The van der Waals surface area contributed by atoms with Gasteiger partial charge in [0.15, 0.2) is 10.6 Å². The zero-order valence-electron chi connectivity index (χ0n) is 9.31. The molecule has 1 aromatic heterocycles. The Kier molecular flexibility index (Phi) is 3.93. The lowest BCUT2D eigenvalue weighted by Gasteiger charge is -2.07. The van der Waals surface area contributed by atoms with Gasteiger partial charge >= 0.3 is 0 Å². The largest absolute Gasteiger partial charge is 0.383 e. The van der Waals surface area contributed by atoms with Gasteiger partial charge < -0.3 is 4.74 Å². The molecule has 0 unspecified atom stereocenters. The van der Waals surface area contributed by atoms with Crippen LogP contribution >= 0.6 is 23.8 Å². The molecular weight excluding hydrogens is 258 g/mol. The maximum atomic E-state index is 6.14. The third-order valence-electron chi connectivity index (χ3n) is 2.39. The summed E-state index contributed by atoms with van der Waals surface area (Å²) in [4.78, 5) is 0. The molecule has 6 heteroatoms. The molecule has 1 aromatic carbocycles. The van der Waals surface area contributed by atoms with Gasteiger partial charge in [-0.15, -0.1) is 0 Å². The molecule has 0 aliphatic rings. The number of halogens is 1. The first-order chi connectivity index (χ1) is 8.24. The van der Waals surface area contributed by atoms with Crippen LogP contribution < -0.4 is 0 Å². The topological polar surface area (TPSA) is 42.8 Å². The minimum absolute atomic E-state index is 0.567. The molecule has 0 atom stereocenters. The lowest BCUT2D eigenvalue weighted by molar-refractivity contribution is 0.187. The standard InChI is InChI=1S/C11H12ClN3OS/c1-16-7-6-15-10(13-14-11(15)17)8-4-2-3-5-9(8)12/h2-5H,6-7H2,1H3,(H,14,17). The summed E-state index contributed by atoms with van der Waals surface area (Å²) in [5.74, 6) is 0.734. The van der Waals surface area contributed by atoms with Crippen LogP contribution in [0.5, 0.6) is 0 Å². The van der Waals surface area contributed by atoms with Gasteiger partial charge in [-0.2, -0.15) is 5.10 Å². The van der Waals surface area contributed by atoms with Gasteiger partial charge in [0.2, 0.25) is 0 Å². The average Bonchev–Trinajstić information content (AvgIpc) is 2.69. The van der Waals surface area contributed by atoms with Crippen molar-refractivity contribution in [1.82, 2.24) is 14.8 Å². The zero-order valence-corrected chi connectivity index (χ0v) is 10.9. The van der Waals surface area contributed by atoms with Crippen molar-refractivity contribution < 1.29 is 4.74 Å². The Morgan fingerprint density at radius 1 is 1.47 bits per heavy atom. The smallest absolute Gasteiger partial charge is 0.195 e. The second kappa shape index (κ2) is 5.44. The number of nitrogens with one attached hydrogen (secondary N) is 1. The lowest BCUT2D eigenvalue weighted by atomic mass is 10.2. The highest BCUT2D eigenvalue weighted by Gasteiger charge is 2.11. The van der Waals surface area contributed by atoms with Gasteiger partial charge in [0.05, 0.1) is 18.2 Å². The summed E-state index contributed by atoms with van der Waals surface area (Å²) in [7, 11) is 1.65. The Bertz CT molecular complexity index is 564. The summed E-state index contributed by atoms with van der Waals surface area (Å²) >= 11 is 11.3. The van der Waals surface area contributed by atoms with E-state index in [1.54, 1.807) is 7.11 Å². The maximum Gasteiger partial charge on any atom is 0.195 e. The minimum Gasteiger partial charge on any atom is -0.383 e. The second-order valence-corrected chi connectivity index (χ2v) is 4.27. The Hall–Kier alpha value is -1.17. The van der Waals surface area contributed by atoms with Gasteiger partial charge in [0, 0.05) is 12.7 Å². The highest BCUT2D eigenvalue weighted by molar-refractivity contribution is 7.71. The molecule has 0 saturated carbocycles. The number of H-pyrrole nitrogens is 1. The molecule has 1 N–H and O–H groups in total. The van der Waals surface area contributed by atoms with Gasteiger partial charge in [-0.25, -0.2) is 0 Å². The fourth-order valence-electron chi connectivity index (χ4n) is 1.56. The van der Waals surface area contributed by atoms with E-state index in [0.717, 1.165) is 11.4 Å². The molecule has 2 aromatic rings. The van der Waals surface area contributed by atoms with E-state index in [-0.39, 0.29) is 0 Å². The zero-order chi connectivity index (χ0) is 12.3. The van der Waals surface area contributed by atoms with Crippen LogP contribution in [0, 0.1) is 4.77 Å². The van der Waals surface area contributed by atoms with Crippen LogP contribution in [0.2, 0.25) is 5.02 Å². The molecule has 0 amide bonds. The summed E-state index contributed by atoms with van der Waals surface area (Å²) in [6.07, 6.45) is 0. The molecule has 90 valence electrons. The fraction of sp³-hybridized carbons (Fsp3) is 0.273. The SMILES string of the molecule is COCCn1c(-c2ccccc2Cl)n[nH]c1=S. The molecule has 0 aliphatic heterocycles. The van der Waals surface area contributed by atoms with Crippen LogP contribution in [-0.4, -0.2) is 28.5 Å². The van der Waals surface area contributed by atoms with E-state index in [1.165, 1.54) is 0 Å². The van der Waals surface area contributed by atoms with Gasteiger partial charge in [-0.1, -0.05) is 23.7 Å². The Balaban J connectivity index is 2.46. The third kappa shape index (κ3) is 2.57. The highest BCUT2D eigenvalue weighted by atomic mass is 35.5. The van der Waals surface area contributed by atoms with Crippen LogP contribution in [0.15, 0.2) is 24.3 Å². The number of methoxy groups -OCH3 is 1. The first-order valence-electron chi connectivity index (χ1n) is 5.13. The first-order valence-corrected chi connectivity index (χ1v) is 5.91. The summed E-state index contributed by atoms with van der Waals surface area (Å²) in [6.45, 7) is 1.22. The number of aromatic nitrogens is 3. The van der Waals surface area contributed by atoms with Crippen LogP contribution in [0.4, 0.5) is 0 Å². The molecular formula is C11H12ClN3OS. The molecule has 17 heavy (non-hydrogen) atoms. The number of benzene rings is 1. The van der Waals surface area contributed by atoms with Gasteiger partial charge in [-0.3, -0.25) is 9.67 Å². The average molecular weight is 270 g/mol. The van der Waals surface area contributed by atoms with Gasteiger partial charge in [0.25, 0.3) is 0 Å². The summed E-state index contributed by atoms with van der Waals surface area (Å²) in [5.41, 5.74) is 0.859. The highest BCUT2D eigenvalue weighted by Crippen LogP contribution is 2.25. The van der Waals surface area contributed by atoms with Crippen molar-refractivity contribution >= 4 is 23.8 Å². The maximum absolute atomic E-state index is 6.14. The van der Waals surface area contributed by atoms with Crippen molar-refractivity contribution in [3.05, 3.63) is 34.1 Å². The predicted octanol–water partition coefficient (Wildman–Crippen LogP) is 2.91. The molecule has 4 nitrogen and oxygen atoms in total. The fourth-order valence-corrected chi connectivity index (χ4v) is 2.00. The second-order valence-electron chi connectivity index (χ2n) is 3.48. The Morgan fingerprint density at radius 2 is 2.24 bits per heavy atom. The number of ether oxygens (including phenoxy) is 1. The van der Waals surface area contributed by atoms with Crippen molar-refractivity contribution in [2.75, 3.05) is 13.7 Å². The van der Waals surface area contributed by atoms with Crippen LogP contribution in [0.25, 0.3) is 11.4 Å². The molecule has 0 fully saturated rings. The number of hydrogen-bond acceptors (Lipinski definition) is 3. The van der Waals surface area contributed by atoms with E-state index in [9.17, 15) is 0 Å². The number of rotatable bonds is 4. The van der Waals surface area contributed by atoms with Crippen LogP contribution in [0.1, 0.15) is 0 Å².